The van der Waals surface area contributed by atoms with E-state index in [1.807, 2.05) is 12.1 Å². The highest BCUT2D eigenvalue weighted by Gasteiger charge is 2.13. The molecule has 1 aromatic rings. The Morgan fingerprint density at radius 3 is 3.00 bits per heavy atom. The summed E-state index contributed by atoms with van der Waals surface area (Å²) in [5.41, 5.74) is 3.54. The van der Waals surface area contributed by atoms with E-state index in [9.17, 15) is 0 Å². The first kappa shape index (κ1) is 6.42. The van der Waals surface area contributed by atoms with Gasteiger partial charge >= 0.3 is 0 Å². The Balaban J connectivity index is 2.61. The number of hydrogen-bond acceptors (Lipinski definition) is 1. The Morgan fingerprint density at radius 1 is 1.27 bits per heavy atom. The van der Waals surface area contributed by atoms with Crippen LogP contribution < -0.4 is 0 Å². The average molecular weight is 143 g/mol. The van der Waals surface area contributed by atoms with Gasteiger partial charge in [-0.05, 0) is 36.5 Å². The van der Waals surface area contributed by atoms with E-state index in [-0.39, 0.29) is 0 Å². The average Bonchev–Trinajstić information content (AvgIpc) is 2.50. The van der Waals surface area contributed by atoms with Crippen molar-refractivity contribution in [2.75, 3.05) is 0 Å². The lowest BCUT2D eigenvalue weighted by Gasteiger charge is -1.98. The number of rotatable bonds is 0. The molecule has 1 aromatic carbocycles. The molecule has 1 aliphatic carbocycles. The number of benzene rings is 1. The van der Waals surface area contributed by atoms with E-state index in [1.165, 1.54) is 17.5 Å². The van der Waals surface area contributed by atoms with Gasteiger partial charge in [-0.2, -0.15) is 5.26 Å². The summed E-state index contributed by atoms with van der Waals surface area (Å²) >= 11 is 0. The number of fused-ring (bicyclic) bond motifs is 1. The minimum absolute atomic E-state index is 0.875. The van der Waals surface area contributed by atoms with Crippen LogP contribution in [0.25, 0.3) is 0 Å². The Labute approximate surface area is 66.3 Å². The molecule has 0 atom stereocenters. The maximum Gasteiger partial charge on any atom is 0.0994 e. The molecular weight excluding hydrogens is 134 g/mol. The van der Waals surface area contributed by atoms with E-state index in [4.69, 9.17) is 5.26 Å². The van der Waals surface area contributed by atoms with Crippen molar-refractivity contribution in [3.05, 3.63) is 34.9 Å². The Morgan fingerprint density at radius 2 is 2.18 bits per heavy atom. The van der Waals surface area contributed by atoms with Gasteiger partial charge in [0.05, 0.1) is 11.6 Å². The quantitative estimate of drug-likeness (QED) is 0.545. The van der Waals surface area contributed by atoms with Gasteiger partial charge < -0.3 is 0 Å². The second kappa shape index (κ2) is 2.39. The van der Waals surface area contributed by atoms with Crippen LogP contribution in [0, 0.1) is 11.3 Å². The first-order chi connectivity index (χ1) is 5.42. The molecule has 1 aliphatic rings. The second-order valence-electron chi connectivity index (χ2n) is 2.91. The molecule has 0 N–H and O–H groups in total. The van der Waals surface area contributed by atoms with Gasteiger partial charge in [0.2, 0.25) is 0 Å². The van der Waals surface area contributed by atoms with Gasteiger partial charge in [0, 0.05) is 0 Å². The lowest BCUT2D eigenvalue weighted by Crippen LogP contribution is -1.86. The zero-order chi connectivity index (χ0) is 7.68. The van der Waals surface area contributed by atoms with Gasteiger partial charge in [-0.25, -0.2) is 0 Å². The van der Waals surface area contributed by atoms with Crippen LogP contribution in [0.2, 0.25) is 0 Å². The van der Waals surface area contributed by atoms with E-state index >= 15 is 0 Å². The molecular formula is C10H9N. The zero-order valence-electron chi connectivity index (χ0n) is 6.30. The number of hydrogen-bond donors (Lipinski definition) is 0. The van der Waals surface area contributed by atoms with Gasteiger partial charge in [0.15, 0.2) is 0 Å². The molecule has 0 aliphatic heterocycles. The molecule has 0 saturated heterocycles. The van der Waals surface area contributed by atoms with E-state index in [2.05, 4.69) is 12.1 Å². The monoisotopic (exact) mass is 143 g/mol. The summed E-state index contributed by atoms with van der Waals surface area (Å²) in [5, 5.41) is 8.75. The van der Waals surface area contributed by atoms with Crippen molar-refractivity contribution in [1.82, 2.24) is 0 Å². The first-order valence-corrected chi connectivity index (χ1v) is 3.92. The molecule has 0 saturated carbocycles. The highest BCUT2D eigenvalue weighted by atomic mass is 14.3. The second-order valence-corrected chi connectivity index (χ2v) is 2.91. The van der Waals surface area contributed by atoms with Crippen LogP contribution in [0.3, 0.4) is 0 Å². The Bertz CT molecular complexity index is 320. The van der Waals surface area contributed by atoms with E-state index < -0.39 is 0 Å². The fraction of sp³-hybridized carbons (Fsp3) is 0.300. The van der Waals surface area contributed by atoms with Gasteiger partial charge in [-0.1, -0.05) is 12.1 Å². The normalized spacial score (nSPS) is 14.1. The molecule has 1 nitrogen and oxygen atoms in total. The third-order valence-corrected chi connectivity index (χ3v) is 2.27. The molecule has 0 amide bonds. The Kier molecular flexibility index (Phi) is 1.40. The number of aryl methyl sites for hydroxylation is 1. The first-order valence-electron chi connectivity index (χ1n) is 3.92. The number of nitriles is 1. The molecule has 0 radical (unpaired) electrons. The van der Waals surface area contributed by atoms with Crippen LogP contribution in [-0.2, 0) is 12.8 Å². The van der Waals surface area contributed by atoms with Crippen molar-refractivity contribution in [1.29, 1.82) is 5.26 Å². The van der Waals surface area contributed by atoms with Crippen molar-refractivity contribution in [2.24, 2.45) is 0 Å². The Hall–Kier alpha value is -1.29. The van der Waals surface area contributed by atoms with E-state index in [1.54, 1.807) is 0 Å². The van der Waals surface area contributed by atoms with Gasteiger partial charge in [0.25, 0.3) is 0 Å². The predicted octanol–water partition coefficient (Wildman–Crippen LogP) is 2.05. The van der Waals surface area contributed by atoms with Gasteiger partial charge in [-0.3, -0.25) is 0 Å². The van der Waals surface area contributed by atoms with Crippen molar-refractivity contribution in [2.45, 2.75) is 19.3 Å². The lowest BCUT2D eigenvalue weighted by atomic mass is 10.0. The summed E-state index contributed by atoms with van der Waals surface area (Å²) in [5.74, 6) is 0. The van der Waals surface area contributed by atoms with Gasteiger partial charge in [-0.15, -0.1) is 0 Å². The summed E-state index contributed by atoms with van der Waals surface area (Å²) in [6.45, 7) is 0. The fourth-order valence-electron chi connectivity index (χ4n) is 1.72. The van der Waals surface area contributed by atoms with Crippen molar-refractivity contribution in [3.8, 4) is 6.07 Å². The minimum Gasteiger partial charge on any atom is -0.192 e. The minimum atomic E-state index is 0.875. The van der Waals surface area contributed by atoms with Crippen LogP contribution in [0.4, 0.5) is 0 Å². The van der Waals surface area contributed by atoms with Crippen molar-refractivity contribution >= 4 is 0 Å². The maximum absolute atomic E-state index is 8.75. The topological polar surface area (TPSA) is 23.8 Å². The highest BCUT2D eigenvalue weighted by Crippen LogP contribution is 2.24. The molecule has 0 bridgehead atoms. The van der Waals surface area contributed by atoms with Crippen LogP contribution in [0.1, 0.15) is 23.1 Å². The maximum atomic E-state index is 8.75. The molecule has 54 valence electrons. The van der Waals surface area contributed by atoms with E-state index in [0.717, 1.165) is 18.4 Å². The summed E-state index contributed by atoms with van der Waals surface area (Å²) in [6.07, 6.45) is 3.47. The largest absolute Gasteiger partial charge is 0.192 e. The molecule has 0 heterocycles. The molecule has 0 fully saturated rings. The van der Waals surface area contributed by atoms with Gasteiger partial charge in [0.1, 0.15) is 0 Å². The number of nitrogens with zero attached hydrogens (tertiary/aromatic N) is 1. The van der Waals surface area contributed by atoms with E-state index in [0.29, 0.717) is 0 Å². The summed E-state index contributed by atoms with van der Waals surface area (Å²) < 4.78 is 0. The van der Waals surface area contributed by atoms with Crippen molar-refractivity contribution < 1.29 is 0 Å². The smallest absolute Gasteiger partial charge is 0.0994 e. The predicted molar refractivity (Wildman–Crippen MR) is 43.2 cm³/mol. The fourth-order valence-corrected chi connectivity index (χ4v) is 1.72. The molecule has 2 rings (SSSR count). The third-order valence-electron chi connectivity index (χ3n) is 2.27. The van der Waals surface area contributed by atoms with Crippen LogP contribution in [0.15, 0.2) is 18.2 Å². The molecule has 0 spiro atoms. The summed E-state index contributed by atoms with van der Waals surface area (Å²) in [6, 6.07) is 8.24. The van der Waals surface area contributed by atoms with Crippen LogP contribution in [-0.4, -0.2) is 0 Å². The third kappa shape index (κ3) is 0.914. The molecule has 1 heteroatoms. The molecule has 0 unspecified atom stereocenters. The summed E-state index contributed by atoms with van der Waals surface area (Å²) in [4.78, 5) is 0. The van der Waals surface area contributed by atoms with Crippen LogP contribution in [0.5, 0.6) is 0 Å². The summed E-state index contributed by atoms with van der Waals surface area (Å²) in [7, 11) is 0. The highest BCUT2D eigenvalue weighted by molar-refractivity contribution is 5.44. The SMILES string of the molecule is N#Cc1cccc2c1CCC2. The van der Waals surface area contributed by atoms with Crippen molar-refractivity contribution in [3.63, 3.8) is 0 Å². The van der Waals surface area contributed by atoms with Crippen LogP contribution >= 0.6 is 0 Å². The zero-order valence-corrected chi connectivity index (χ0v) is 6.30. The standard InChI is InChI=1S/C10H9N/c11-7-9-5-1-3-8-4-2-6-10(8)9/h1,3,5H,2,4,6H2. The lowest BCUT2D eigenvalue weighted by molar-refractivity contribution is 0.911. The molecule has 11 heavy (non-hydrogen) atoms. The molecule has 0 aromatic heterocycles.